The molecule has 0 heterocycles. The van der Waals surface area contributed by atoms with E-state index in [1.807, 2.05) is 0 Å². The summed E-state index contributed by atoms with van der Waals surface area (Å²) in [5.74, 6) is -2.46. The highest BCUT2D eigenvalue weighted by Crippen LogP contribution is 2.42. The molecule has 2 fully saturated rings. The first-order valence-corrected chi connectivity index (χ1v) is 9.51. The third-order valence-corrected chi connectivity index (χ3v) is 5.86. The molecule has 8 nitrogen and oxygen atoms in total. The molecule has 1 N–H and O–H groups in total. The summed E-state index contributed by atoms with van der Waals surface area (Å²) >= 11 is 0. The maximum atomic E-state index is 12.4. The van der Waals surface area contributed by atoms with Gasteiger partial charge in [-0.1, -0.05) is 0 Å². The van der Waals surface area contributed by atoms with Crippen LogP contribution in [-0.4, -0.2) is 36.3 Å². The second kappa shape index (κ2) is 5.76. The summed E-state index contributed by atoms with van der Waals surface area (Å²) in [5, 5.41) is 21.8. The zero-order valence-electron chi connectivity index (χ0n) is 13.3. The highest BCUT2D eigenvalue weighted by Gasteiger charge is 2.45. The lowest BCUT2D eigenvalue weighted by Gasteiger charge is -2.20. The molecular weight excluding hydrogens is 350 g/mol. The quantitative estimate of drug-likeness (QED) is 0.284. The van der Waals surface area contributed by atoms with E-state index in [0.29, 0.717) is 19.3 Å². The topological polar surface area (TPSA) is 132 Å². The standard InChI is InChI=1S/C16H15NO7S/c1-25(23,24)10-4-5-11(12(7-10)17(21)22)16(20)13-14(18)8-2-3-9(6-8)15(13)19/h4-5,7-9,20H,2-3,6H2,1H3. The highest BCUT2D eigenvalue weighted by molar-refractivity contribution is 7.90. The minimum absolute atomic E-state index is 0.290. The molecule has 132 valence electrons. The molecule has 3 rings (SSSR count). The van der Waals surface area contributed by atoms with E-state index in [-0.39, 0.29) is 22.3 Å². The maximum Gasteiger partial charge on any atom is 0.281 e. The van der Waals surface area contributed by atoms with Gasteiger partial charge in [0.1, 0.15) is 11.3 Å². The van der Waals surface area contributed by atoms with Crippen molar-refractivity contribution < 1.29 is 28.0 Å². The smallest absolute Gasteiger partial charge is 0.281 e. The first kappa shape index (κ1) is 17.3. The van der Waals surface area contributed by atoms with Gasteiger partial charge in [0, 0.05) is 24.2 Å². The number of allylic oxidation sites excluding steroid dienone is 1. The summed E-state index contributed by atoms with van der Waals surface area (Å²) in [6.07, 6.45) is 2.46. The van der Waals surface area contributed by atoms with Gasteiger partial charge >= 0.3 is 0 Å². The van der Waals surface area contributed by atoms with Gasteiger partial charge in [0.2, 0.25) is 0 Å². The third kappa shape index (κ3) is 2.84. The average Bonchev–Trinajstić information content (AvgIpc) is 2.98. The number of sulfone groups is 1. The van der Waals surface area contributed by atoms with Crippen molar-refractivity contribution in [1.29, 1.82) is 0 Å². The molecule has 2 saturated carbocycles. The molecule has 0 aromatic heterocycles. The zero-order valence-corrected chi connectivity index (χ0v) is 14.1. The number of hydrogen-bond donors (Lipinski definition) is 1. The fraction of sp³-hybridized carbons (Fsp3) is 0.375. The van der Waals surface area contributed by atoms with E-state index in [2.05, 4.69) is 0 Å². The van der Waals surface area contributed by atoms with Crippen LogP contribution in [0.2, 0.25) is 0 Å². The summed E-state index contributed by atoms with van der Waals surface area (Å²) in [4.78, 5) is 35.0. The van der Waals surface area contributed by atoms with Crippen molar-refractivity contribution in [1.82, 2.24) is 0 Å². The number of fused-ring (bicyclic) bond motifs is 2. The molecule has 2 bridgehead atoms. The van der Waals surface area contributed by atoms with Crippen LogP contribution in [0.1, 0.15) is 24.8 Å². The Balaban J connectivity index is 2.20. The molecule has 2 atom stereocenters. The van der Waals surface area contributed by atoms with Gasteiger partial charge in [-0.25, -0.2) is 8.42 Å². The Morgan fingerprint density at radius 2 is 1.76 bits per heavy atom. The number of ketones is 2. The zero-order chi connectivity index (χ0) is 18.5. The van der Waals surface area contributed by atoms with Crippen molar-refractivity contribution in [2.24, 2.45) is 11.8 Å². The molecule has 9 heteroatoms. The Labute approximate surface area is 143 Å². The van der Waals surface area contributed by atoms with Gasteiger partial charge in [-0.3, -0.25) is 19.7 Å². The number of hydrogen-bond acceptors (Lipinski definition) is 7. The van der Waals surface area contributed by atoms with Crippen LogP contribution >= 0.6 is 0 Å². The van der Waals surface area contributed by atoms with E-state index < -0.39 is 43.3 Å². The summed E-state index contributed by atoms with van der Waals surface area (Å²) in [7, 11) is -3.69. The minimum atomic E-state index is -3.69. The second-order valence-corrected chi connectivity index (χ2v) is 8.38. The van der Waals surface area contributed by atoms with Gasteiger partial charge in [0.15, 0.2) is 21.4 Å². The molecule has 0 amide bonds. The van der Waals surface area contributed by atoms with Crippen LogP contribution in [-0.2, 0) is 19.4 Å². The van der Waals surface area contributed by atoms with Crippen LogP contribution < -0.4 is 0 Å². The molecular formula is C16H15NO7S. The van der Waals surface area contributed by atoms with Crippen molar-refractivity contribution >= 4 is 32.9 Å². The van der Waals surface area contributed by atoms with Gasteiger partial charge < -0.3 is 5.11 Å². The number of carbonyl (C=O) groups excluding carboxylic acids is 2. The molecule has 2 aliphatic carbocycles. The Kier molecular flexibility index (Phi) is 3.98. The molecule has 0 saturated heterocycles. The van der Waals surface area contributed by atoms with Crippen molar-refractivity contribution in [3.63, 3.8) is 0 Å². The maximum absolute atomic E-state index is 12.4. The minimum Gasteiger partial charge on any atom is -0.506 e. The Bertz CT molecular complexity index is 921. The van der Waals surface area contributed by atoms with Crippen LogP contribution in [0, 0.1) is 22.0 Å². The number of aliphatic hydroxyl groups excluding tert-OH is 1. The summed E-state index contributed by atoms with van der Waals surface area (Å²) in [5.41, 5.74) is -1.42. The SMILES string of the molecule is CS(=O)(=O)c1ccc(C(O)=C2C(=O)C3CCC(C3)C2=O)c([N+](=O)[O-])c1. The fourth-order valence-corrected chi connectivity index (χ4v) is 4.09. The van der Waals surface area contributed by atoms with E-state index >= 15 is 0 Å². The van der Waals surface area contributed by atoms with E-state index in [1.54, 1.807) is 0 Å². The van der Waals surface area contributed by atoms with Crippen LogP contribution in [0.25, 0.3) is 5.76 Å². The lowest BCUT2D eigenvalue weighted by molar-refractivity contribution is -0.385. The number of nitro groups is 1. The molecule has 25 heavy (non-hydrogen) atoms. The summed E-state index contributed by atoms with van der Waals surface area (Å²) in [6.45, 7) is 0. The van der Waals surface area contributed by atoms with E-state index in [0.717, 1.165) is 24.5 Å². The fourth-order valence-electron chi connectivity index (χ4n) is 3.45. The van der Waals surface area contributed by atoms with Crippen molar-refractivity contribution in [2.75, 3.05) is 6.26 Å². The Morgan fingerprint density at radius 3 is 2.24 bits per heavy atom. The largest absolute Gasteiger partial charge is 0.506 e. The molecule has 0 aliphatic heterocycles. The predicted octanol–water partition coefficient (Wildman–Crippen LogP) is 1.84. The lowest BCUT2D eigenvalue weighted by atomic mass is 9.81. The monoisotopic (exact) mass is 365 g/mol. The van der Waals surface area contributed by atoms with Gasteiger partial charge in [0.05, 0.1) is 15.4 Å². The number of carbonyl (C=O) groups is 2. The first-order chi connectivity index (χ1) is 11.6. The number of Topliss-reactive ketones (excluding diaryl/α,β-unsaturated/α-hetero) is 2. The number of nitro benzene ring substituents is 1. The van der Waals surface area contributed by atoms with Crippen LogP contribution in [0.15, 0.2) is 28.7 Å². The predicted molar refractivity (Wildman–Crippen MR) is 86.6 cm³/mol. The third-order valence-electron chi connectivity index (χ3n) is 4.75. The molecule has 0 spiro atoms. The van der Waals surface area contributed by atoms with Crippen molar-refractivity contribution in [2.45, 2.75) is 24.2 Å². The number of benzene rings is 1. The van der Waals surface area contributed by atoms with E-state index in [1.165, 1.54) is 0 Å². The first-order valence-electron chi connectivity index (χ1n) is 7.61. The molecule has 2 unspecified atom stereocenters. The van der Waals surface area contributed by atoms with Crippen molar-refractivity contribution in [3.05, 3.63) is 39.4 Å². The Morgan fingerprint density at radius 1 is 1.20 bits per heavy atom. The normalized spacial score (nSPS) is 23.0. The van der Waals surface area contributed by atoms with E-state index in [4.69, 9.17) is 0 Å². The van der Waals surface area contributed by atoms with Crippen LogP contribution in [0.3, 0.4) is 0 Å². The van der Waals surface area contributed by atoms with Gasteiger partial charge in [-0.2, -0.15) is 0 Å². The summed E-state index contributed by atoms with van der Waals surface area (Å²) < 4.78 is 23.2. The van der Waals surface area contributed by atoms with Crippen LogP contribution in [0.5, 0.6) is 0 Å². The molecule has 2 aliphatic rings. The van der Waals surface area contributed by atoms with Crippen molar-refractivity contribution in [3.8, 4) is 0 Å². The number of nitrogens with zero attached hydrogens (tertiary/aromatic N) is 1. The summed E-state index contributed by atoms with van der Waals surface area (Å²) in [6, 6.07) is 2.96. The molecule has 1 aromatic rings. The lowest BCUT2D eigenvalue weighted by Crippen LogP contribution is -2.30. The van der Waals surface area contributed by atoms with Gasteiger partial charge in [-0.05, 0) is 31.4 Å². The average molecular weight is 365 g/mol. The van der Waals surface area contributed by atoms with Gasteiger partial charge in [-0.15, -0.1) is 0 Å². The van der Waals surface area contributed by atoms with E-state index in [9.17, 15) is 33.2 Å². The van der Waals surface area contributed by atoms with Crippen LogP contribution in [0.4, 0.5) is 5.69 Å². The van der Waals surface area contributed by atoms with Gasteiger partial charge in [0.25, 0.3) is 5.69 Å². The molecule has 0 radical (unpaired) electrons. The highest BCUT2D eigenvalue weighted by atomic mass is 32.2. The number of rotatable bonds is 3. The Hall–Kier alpha value is -2.55. The second-order valence-electron chi connectivity index (χ2n) is 6.37. The number of aliphatic hydroxyl groups is 1. The molecule has 1 aromatic carbocycles.